The molecule has 1 fully saturated rings. The van der Waals surface area contributed by atoms with Gasteiger partial charge >= 0.3 is 0 Å². The van der Waals surface area contributed by atoms with Crippen LogP contribution in [0.4, 0.5) is 0 Å². The lowest BCUT2D eigenvalue weighted by atomic mass is 9.71. The van der Waals surface area contributed by atoms with E-state index in [0.29, 0.717) is 30.5 Å². The molecule has 0 spiro atoms. The van der Waals surface area contributed by atoms with Crippen LogP contribution >= 0.6 is 23.2 Å². The fourth-order valence-corrected chi connectivity index (χ4v) is 3.71. The molecule has 0 saturated heterocycles. The molecular formula is C13H23Cl2NO. The molecule has 1 aliphatic rings. The van der Waals surface area contributed by atoms with Crippen molar-refractivity contribution >= 4 is 29.1 Å². The van der Waals surface area contributed by atoms with Crippen molar-refractivity contribution in [2.75, 3.05) is 11.8 Å². The van der Waals surface area contributed by atoms with Gasteiger partial charge in [-0.3, -0.25) is 4.79 Å². The van der Waals surface area contributed by atoms with Crippen LogP contribution in [0, 0.1) is 11.3 Å². The van der Waals surface area contributed by atoms with E-state index < -0.39 is 5.41 Å². The smallest absolute Gasteiger partial charge is 0.223 e. The Bertz CT molecular complexity index is 234. The third-order valence-electron chi connectivity index (χ3n) is 4.07. The largest absolute Gasteiger partial charge is 0.369 e. The van der Waals surface area contributed by atoms with Crippen LogP contribution in [0.1, 0.15) is 51.4 Å². The molecule has 0 aliphatic heterocycles. The lowest BCUT2D eigenvalue weighted by molar-refractivity contribution is -0.129. The molecule has 17 heavy (non-hydrogen) atoms. The van der Waals surface area contributed by atoms with Gasteiger partial charge in [-0.25, -0.2) is 0 Å². The average molecular weight is 280 g/mol. The van der Waals surface area contributed by atoms with E-state index in [1.807, 2.05) is 0 Å². The molecule has 0 atom stereocenters. The maximum absolute atomic E-state index is 11.8. The number of carbonyl (C=O) groups is 1. The summed E-state index contributed by atoms with van der Waals surface area (Å²) in [6.07, 6.45) is 8.52. The number of alkyl halides is 2. The van der Waals surface area contributed by atoms with Gasteiger partial charge in [0.2, 0.25) is 5.91 Å². The summed E-state index contributed by atoms with van der Waals surface area (Å²) in [6.45, 7) is 0. The first-order chi connectivity index (χ1) is 8.14. The third kappa shape index (κ3) is 4.33. The van der Waals surface area contributed by atoms with Crippen molar-refractivity contribution in [3.8, 4) is 0 Å². The van der Waals surface area contributed by atoms with Crippen LogP contribution in [-0.2, 0) is 4.79 Å². The Morgan fingerprint density at radius 2 is 1.65 bits per heavy atom. The molecule has 0 aromatic rings. The van der Waals surface area contributed by atoms with E-state index in [1.54, 1.807) is 0 Å². The Kier molecular flexibility index (Phi) is 6.65. The molecule has 0 aromatic carbocycles. The molecule has 1 aliphatic carbocycles. The minimum absolute atomic E-state index is 0.218. The number of hydrogen-bond acceptors (Lipinski definition) is 1. The van der Waals surface area contributed by atoms with Crippen molar-refractivity contribution in [3.63, 3.8) is 0 Å². The van der Waals surface area contributed by atoms with E-state index in [0.717, 1.165) is 6.42 Å². The minimum atomic E-state index is -0.467. The highest BCUT2D eigenvalue weighted by Gasteiger charge is 2.37. The number of nitrogens with two attached hydrogens (primary N) is 1. The number of primary amides is 1. The van der Waals surface area contributed by atoms with Crippen LogP contribution in [0.2, 0.25) is 0 Å². The van der Waals surface area contributed by atoms with E-state index in [2.05, 4.69) is 0 Å². The molecule has 2 N–H and O–H groups in total. The van der Waals surface area contributed by atoms with E-state index >= 15 is 0 Å². The molecule has 0 heterocycles. The van der Waals surface area contributed by atoms with Crippen LogP contribution in [0.25, 0.3) is 0 Å². The summed E-state index contributed by atoms with van der Waals surface area (Å²) in [5.74, 6) is 1.37. The minimum Gasteiger partial charge on any atom is -0.369 e. The van der Waals surface area contributed by atoms with Gasteiger partial charge in [0.25, 0.3) is 0 Å². The first kappa shape index (κ1) is 15.1. The second-order valence-corrected chi connectivity index (χ2v) is 5.99. The number of hydrogen-bond donors (Lipinski definition) is 1. The summed E-state index contributed by atoms with van der Waals surface area (Å²) in [5.41, 5.74) is 5.14. The van der Waals surface area contributed by atoms with Gasteiger partial charge in [0.15, 0.2) is 0 Å². The Hall–Kier alpha value is 0.0500. The Balaban J connectivity index is 2.68. The van der Waals surface area contributed by atoms with Gasteiger partial charge in [0, 0.05) is 11.8 Å². The van der Waals surface area contributed by atoms with Crippen molar-refractivity contribution in [2.24, 2.45) is 17.1 Å². The van der Waals surface area contributed by atoms with Crippen molar-refractivity contribution in [2.45, 2.75) is 51.4 Å². The second kappa shape index (κ2) is 7.48. The fourth-order valence-electron chi connectivity index (χ4n) is 2.98. The lowest BCUT2D eigenvalue weighted by Crippen LogP contribution is -2.40. The first-order valence-electron chi connectivity index (χ1n) is 6.56. The topological polar surface area (TPSA) is 43.1 Å². The van der Waals surface area contributed by atoms with Gasteiger partial charge in [-0.05, 0) is 25.2 Å². The molecule has 0 aromatic heterocycles. The maximum Gasteiger partial charge on any atom is 0.223 e. The van der Waals surface area contributed by atoms with Crippen molar-refractivity contribution in [1.82, 2.24) is 0 Å². The Morgan fingerprint density at radius 3 is 2.06 bits per heavy atom. The summed E-state index contributed by atoms with van der Waals surface area (Å²) in [5, 5.41) is 0. The van der Waals surface area contributed by atoms with Gasteiger partial charge in [-0.1, -0.05) is 32.1 Å². The quantitative estimate of drug-likeness (QED) is 0.710. The van der Waals surface area contributed by atoms with Crippen LogP contribution in [0.5, 0.6) is 0 Å². The predicted molar refractivity (Wildman–Crippen MR) is 73.5 cm³/mol. The van der Waals surface area contributed by atoms with Crippen molar-refractivity contribution < 1.29 is 4.79 Å². The SMILES string of the molecule is NC(=O)C(CCCl)(CCCl)CC1CCCCC1. The van der Waals surface area contributed by atoms with Gasteiger partial charge in [0.1, 0.15) is 0 Å². The summed E-state index contributed by atoms with van der Waals surface area (Å²) in [7, 11) is 0. The zero-order valence-electron chi connectivity index (χ0n) is 10.4. The Morgan fingerprint density at radius 1 is 1.12 bits per heavy atom. The zero-order chi connectivity index (χ0) is 12.7. The summed E-state index contributed by atoms with van der Waals surface area (Å²) < 4.78 is 0. The Labute approximate surface area is 114 Å². The monoisotopic (exact) mass is 279 g/mol. The van der Waals surface area contributed by atoms with Crippen molar-refractivity contribution in [1.29, 1.82) is 0 Å². The molecule has 1 saturated carbocycles. The maximum atomic E-state index is 11.8. The summed E-state index contributed by atoms with van der Waals surface area (Å²) >= 11 is 11.7. The second-order valence-electron chi connectivity index (χ2n) is 5.23. The summed E-state index contributed by atoms with van der Waals surface area (Å²) in [4.78, 5) is 11.8. The van der Waals surface area contributed by atoms with E-state index in [9.17, 15) is 4.79 Å². The number of carbonyl (C=O) groups excluding carboxylic acids is 1. The first-order valence-corrected chi connectivity index (χ1v) is 7.63. The molecule has 2 nitrogen and oxygen atoms in total. The number of rotatable bonds is 7. The standard InChI is InChI=1S/C13H23Cl2NO/c14-8-6-13(7-9-15,12(16)17)10-11-4-2-1-3-5-11/h11H,1-10H2,(H2,16,17). The van der Waals surface area contributed by atoms with Gasteiger partial charge < -0.3 is 5.73 Å². The predicted octanol–water partition coefficient (Wildman–Crippen LogP) is 3.69. The van der Waals surface area contributed by atoms with Gasteiger partial charge in [0.05, 0.1) is 5.41 Å². The van der Waals surface area contributed by atoms with Crippen molar-refractivity contribution in [3.05, 3.63) is 0 Å². The summed E-state index contributed by atoms with van der Waals surface area (Å²) in [6, 6.07) is 0. The highest BCUT2D eigenvalue weighted by atomic mass is 35.5. The molecule has 1 amide bonds. The molecular weight excluding hydrogens is 257 g/mol. The normalized spacial score (nSPS) is 18.2. The van der Waals surface area contributed by atoms with Crippen LogP contribution < -0.4 is 5.73 Å². The number of amides is 1. The third-order valence-corrected chi connectivity index (χ3v) is 4.45. The van der Waals surface area contributed by atoms with E-state index in [-0.39, 0.29) is 5.91 Å². The molecule has 0 bridgehead atoms. The molecule has 0 radical (unpaired) electrons. The van der Waals surface area contributed by atoms with Crippen LogP contribution in [0.3, 0.4) is 0 Å². The fraction of sp³-hybridized carbons (Fsp3) is 0.923. The van der Waals surface area contributed by atoms with E-state index in [4.69, 9.17) is 28.9 Å². The molecule has 100 valence electrons. The van der Waals surface area contributed by atoms with E-state index in [1.165, 1.54) is 32.1 Å². The average Bonchev–Trinajstić information content (AvgIpc) is 2.30. The highest BCUT2D eigenvalue weighted by molar-refractivity contribution is 6.18. The van der Waals surface area contributed by atoms with Gasteiger partial charge in [-0.15, -0.1) is 23.2 Å². The highest BCUT2D eigenvalue weighted by Crippen LogP contribution is 2.39. The number of halogens is 2. The van der Waals surface area contributed by atoms with Crippen LogP contribution in [-0.4, -0.2) is 17.7 Å². The zero-order valence-corrected chi connectivity index (χ0v) is 11.9. The van der Waals surface area contributed by atoms with Crippen LogP contribution in [0.15, 0.2) is 0 Å². The molecule has 1 rings (SSSR count). The lowest BCUT2D eigenvalue weighted by Gasteiger charge is -2.34. The molecule has 4 heteroatoms. The molecule has 0 unspecified atom stereocenters. The van der Waals surface area contributed by atoms with Gasteiger partial charge in [-0.2, -0.15) is 0 Å².